The molecule has 0 saturated carbocycles. The summed E-state index contributed by atoms with van der Waals surface area (Å²) in [6.45, 7) is 4.49. The molecule has 5 heterocycles. The molecule has 6 aromatic carbocycles. The SMILES string of the molecule is Cc1ccc2c(c1)c1cc(C)cc3c1n2-c1c2c(cc4oc5ccccc5c14)-c1cccc4c5ccccc5n(c14)B23. The Labute approximate surface area is 241 Å². The molecule has 0 bridgehead atoms. The average molecular weight is 534 g/mol. The van der Waals surface area contributed by atoms with E-state index in [1.54, 1.807) is 0 Å². The molecule has 4 heteroatoms. The van der Waals surface area contributed by atoms with Crippen molar-refractivity contribution in [2.75, 3.05) is 0 Å². The van der Waals surface area contributed by atoms with Gasteiger partial charge in [0, 0.05) is 43.5 Å². The normalized spacial score (nSPS) is 13.4. The zero-order valence-corrected chi connectivity index (χ0v) is 23.2. The van der Waals surface area contributed by atoms with Gasteiger partial charge in [-0.1, -0.05) is 77.9 Å². The molecule has 3 aromatic heterocycles. The van der Waals surface area contributed by atoms with Crippen LogP contribution >= 0.6 is 0 Å². The molecule has 9 aromatic rings. The van der Waals surface area contributed by atoms with Crippen LogP contribution in [0.1, 0.15) is 11.1 Å². The largest absolute Gasteiger partial charge is 0.456 e. The van der Waals surface area contributed by atoms with Gasteiger partial charge in [-0.25, -0.2) is 0 Å². The van der Waals surface area contributed by atoms with Gasteiger partial charge < -0.3 is 13.5 Å². The Morgan fingerprint density at radius 1 is 0.571 bits per heavy atom. The Bertz CT molecular complexity index is 2720. The van der Waals surface area contributed by atoms with E-state index in [0.717, 1.165) is 11.2 Å². The van der Waals surface area contributed by atoms with Crippen LogP contribution in [0.5, 0.6) is 0 Å². The predicted molar refractivity (Wildman–Crippen MR) is 176 cm³/mol. The van der Waals surface area contributed by atoms with Gasteiger partial charge in [0.25, 0.3) is 0 Å². The molecule has 2 aliphatic heterocycles. The minimum Gasteiger partial charge on any atom is -0.456 e. The van der Waals surface area contributed by atoms with Gasteiger partial charge in [-0.2, -0.15) is 0 Å². The fraction of sp³-hybridized carbons (Fsp3) is 0.0526. The maximum atomic E-state index is 6.65. The van der Waals surface area contributed by atoms with Gasteiger partial charge in [0.1, 0.15) is 11.2 Å². The highest BCUT2D eigenvalue weighted by molar-refractivity contribution is 6.90. The molecule has 2 aliphatic rings. The lowest BCUT2D eigenvalue weighted by Crippen LogP contribution is -2.55. The number of furan rings is 1. The standard InChI is InChI=1S/C38H23BN2O/c1-20-14-15-30-26(16-20)28-17-21(2)18-29-37(28)40(30)38-34-25-9-4-6-13-32(25)42-33(34)19-27-24-11-7-10-23-22-8-3-5-12-31(22)41(36(23)24)39(29)35(27)38/h3-19H,1-2H3. The van der Waals surface area contributed by atoms with Gasteiger partial charge in [-0.3, -0.25) is 0 Å². The lowest BCUT2D eigenvalue weighted by atomic mass is 9.45. The van der Waals surface area contributed by atoms with Crippen LogP contribution < -0.4 is 10.9 Å². The van der Waals surface area contributed by atoms with Crippen molar-refractivity contribution in [1.29, 1.82) is 0 Å². The highest BCUT2D eigenvalue weighted by Crippen LogP contribution is 2.46. The first-order chi connectivity index (χ1) is 20.7. The zero-order valence-electron chi connectivity index (χ0n) is 23.2. The summed E-state index contributed by atoms with van der Waals surface area (Å²) in [5, 5.41) is 7.63. The molecule has 0 radical (unpaired) electrons. The van der Waals surface area contributed by atoms with Crippen molar-refractivity contribution in [1.82, 2.24) is 9.05 Å². The van der Waals surface area contributed by atoms with E-state index in [4.69, 9.17) is 4.42 Å². The van der Waals surface area contributed by atoms with E-state index in [-0.39, 0.29) is 6.85 Å². The molecule has 0 N–H and O–H groups in total. The molecule has 11 rings (SSSR count). The minimum absolute atomic E-state index is 0.0469. The van der Waals surface area contributed by atoms with Gasteiger partial charge in [0.15, 0.2) is 0 Å². The van der Waals surface area contributed by atoms with Crippen molar-refractivity contribution in [3.05, 3.63) is 114 Å². The van der Waals surface area contributed by atoms with E-state index in [0.29, 0.717) is 0 Å². The Hall–Kier alpha value is -5.22. The van der Waals surface area contributed by atoms with Crippen molar-refractivity contribution in [2.24, 2.45) is 0 Å². The fourth-order valence-electron chi connectivity index (χ4n) is 8.46. The maximum absolute atomic E-state index is 6.65. The van der Waals surface area contributed by atoms with Gasteiger partial charge in [-0.05, 0) is 66.7 Å². The third-order valence-corrected chi connectivity index (χ3v) is 9.94. The number of fused-ring (bicyclic) bond motifs is 14. The fourth-order valence-corrected chi connectivity index (χ4v) is 8.46. The number of hydrogen-bond donors (Lipinski definition) is 0. The lowest BCUT2D eigenvalue weighted by Gasteiger charge is -2.34. The van der Waals surface area contributed by atoms with Crippen LogP contribution in [-0.2, 0) is 0 Å². The number of hydrogen-bond acceptors (Lipinski definition) is 1. The first kappa shape index (κ1) is 21.5. The second-order valence-corrected chi connectivity index (χ2v) is 12.3. The van der Waals surface area contributed by atoms with Crippen LogP contribution in [0.3, 0.4) is 0 Å². The smallest absolute Gasteiger partial charge is 0.333 e. The Kier molecular flexibility index (Phi) is 3.57. The summed E-state index contributed by atoms with van der Waals surface area (Å²) in [5.41, 5.74) is 16.2. The Balaban J connectivity index is 1.50. The molecule has 0 amide bonds. The molecule has 0 spiro atoms. The molecule has 0 atom stereocenters. The monoisotopic (exact) mass is 534 g/mol. The Morgan fingerprint density at radius 2 is 1.38 bits per heavy atom. The number of para-hydroxylation sites is 3. The van der Waals surface area contributed by atoms with E-state index in [9.17, 15) is 0 Å². The summed E-state index contributed by atoms with van der Waals surface area (Å²) < 4.78 is 11.9. The number of benzene rings is 6. The molecule has 0 fully saturated rings. The van der Waals surface area contributed by atoms with Crippen molar-refractivity contribution < 1.29 is 4.42 Å². The van der Waals surface area contributed by atoms with Crippen LogP contribution in [0.2, 0.25) is 0 Å². The van der Waals surface area contributed by atoms with E-state index in [1.807, 2.05) is 0 Å². The van der Waals surface area contributed by atoms with Crippen LogP contribution in [0, 0.1) is 13.8 Å². The van der Waals surface area contributed by atoms with Crippen molar-refractivity contribution in [2.45, 2.75) is 13.8 Å². The predicted octanol–water partition coefficient (Wildman–Crippen LogP) is 8.36. The summed E-state index contributed by atoms with van der Waals surface area (Å²) in [6.07, 6.45) is 0. The van der Waals surface area contributed by atoms with Gasteiger partial charge in [0.05, 0.1) is 22.1 Å². The highest BCUT2D eigenvalue weighted by Gasteiger charge is 2.42. The van der Waals surface area contributed by atoms with E-state index < -0.39 is 0 Å². The number of aromatic nitrogens is 2. The second kappa shape index (κ2) is 6.98. The topological polar surface area (TPSA) is 23.0 Å². The van der Waals surface area contributed by atoms with Crippen LogP contribution in [0.25, 0.3) is 82.4 Å². The second-order valence-electron chi connectivity index (χ2n) is 12.3. The van der Waals surface area contributed by atoms with Gasteiger partial charge in [0.2, 0.25) is 0 Å². The molecular weight excluding hydrogens is 511 g/mol. The van der Waals surface area contributed by atoms with E-state index in [1.165, 1.54) is 93.3 Å². The Morgan fingerprint density at radius 3 is 2.31 bits per heavy atom. The lowest BCUT2D eigenvalue weighted by molar-refractivity contribution is 0.669. The van der Waals surface area contributed by atoms with Crippen LogP contribution in [0.15, 0.2) is 108 Å². The zero-order chi connectivity index (χ0) is 27.4. The van der Waals surface area contributed by atoms with Gasteiger partial charge >= 0.3 is 6.85 Å². The summed E-state index contributed by atoms with van der Waals surface area (Å²) in [6, 6.07) is 38.3. The number of nitrogens with zero attached hydrogens (tertiary/aromatic N) is 2. The van der Waals surface area contributed by atoms with Crippen molar-refractivity contribution in [3.63, 3.8) is 0 Å². The first-order valence-electron chi connectivity index (χ1n) is 14.7. The van der Waals surface area contributed by atoms with Crippen LogP contribution in [0.4, 0.5) is 0 Å². The third-order valence-electron chi connectivity index (χ3n) is 9.94. The molecule has 3 nitrogen and oxygen atoms in total. The molecular formula is C38H23BN2O. The summed E-state index contributed by atoms with van der Waals surface area (Å²) >= 11 is 0. The molecule has 0 saturated heterocycles. The minimum atomic E-state index is 0.0469. The van der Waals surface area contributed by atoms with E-state index in [2.05, 4.69) is 126 Å². The molecule has 0 aliphatic carbocycles. The van der Waals surface area contributed by atoms with Crippen LogP contribution in [-0.4, -0.2) is 15.9 Å². The number of rotatable bonds is 0. The highest BCUT2D eigenvalue weighted by atomic mass is 16.3. The maximum Gasteiger partial charge on any atom is 0.333 e. The quantitative estimate of drug-likeness (QED) is 0.179. The summed E-state index contributed by atoms with van der Waals surface area (Å²) in [4.78, 5) is 0. The molecule has 0 unspecified atom stereocenters. The average Bonchev–Trinajstić information content (AvgIpc) is 3.65. The third kappa shape index (κ3) is 2.29. The van der Waals surface area contributed by atoms with E-state index >= 15 is 0 Å². The van der Waals surface area contributed by atoms with Crippen molar-refractivity contribution in [3.8, 4) is 16.8 Å². The number of aryl methyl sites for hydroxylation is 2. The van der Waals surface area contributed by atoms with Crippen molar-refractivity contribution >= 4 is 83.3 Å². The first-order valence-corrected chi connectivity index (χ1v) is 14.7. The summed E-state index contributed by atoms with van der Waals surface area (Å²) in [7, 11) is 0. The molecule has 194 valence electrons. The molecule has 42 heavy (non-hydrogen) atoms. The summed E-state index contributed by atoms with van der Waals surface area (Å²) in [5.74, 6) is 0. The van der Waals surface area contributed by atoms with Gasteiger partial charge in [-0.15, -0.1) is 0 Å².